The summed E-state index contributed by atoms with van der Waals surface area (Å²) in [5.74, 6) is -3.36. The van der Waals surface area contributed by atoms with Gasteiger partial charge in [-0.15, -0.1) is 0 Å². The second-order valence-electron chi connectivity index (χ2n) is 9.43. The Labute approximate surface area is 218 Å². The molecule has 0 saturated carbocycles. The number of carboxylic acids is 1. The van der Waals surface area contributed by atoms with Crippen LogP contribution in [-0.2, 0) is 39.3 Å². The minimum Gasteiger partial charge on any atom is -0.480 e. The first-order chi connectivity index (χ1) is 17.4. The lowest BCUT2D eigenvalue weighted by Gasteiger charge is -2.21. The summed E-state index contributed by atoms with van der Waals surface area (Å²) in [6, 6.07) is 5.62. The average Bonchev–Trinajstić information content (AvgIpc) is 3.07. The fraction of sp³-hybridized carbons (Fsp3) is 0.348. The van der Waals surface area contributed by atoms with Gasteiger partial charge in [-0.25, -0.2) is 9.59 Å². The number of carbonyl (C=O) groups excluding carboxylic acids is 2. The second kappa shape index (κ2) is 10.3. The standard InChI is InChI=1S/C23H25NO12S2/c1-23(2,3)36-20(25)10-19(21(26)27)24-22(28)35-11-18-16-8-12(37(29,30)31)4-6-14(16)15-7-5-13(9-17(15)18)38(32,33)34/h4-9,18-19H,10-11H2,1-3H3,(H,24,28)(H,26,27)(H,29,30,31)(H,32,33,34)/t19-/m0/s1. The van der Waals surface area contributed by atoms with Crippen LogP contribution < -0.4 is 5.32 Å². The molecule has 1 atom stereocenters. The number of amides is 1. The summed E-state index contributed by atoms with van der Waals surface area (Å²) < 4.78 is 75.9. The van der Waals surface area contributed by atoms with Crippen LogP contribution >= 0.6 is 0 Å². The molecular weight excluding hydrogens is 546 g/mol. The average molecular weight is 572 g/mol. The van der Waals surface area contributed by atoms with Crippen LogP contribution in [0.1, 0.15) is 44.2 Å². The van der Waals surface area contributed by atoms with Crippen LogP contribution in [0.15, 0.2) is 46.2 Å². The molecule has 2 aromatic carbocycles. The van der Waals surface area contributed by atoms with Gasteiger partial charge in [-0.2, -0.15) is 16.8 Å². The Balaban J connectivity index is 1.87. The van der Waals surface area contributed by atoms with E-state index in [2.05, 4.69) is 0 Å². The number of aliphatic carboxylic acids is 1. The van der Waals surface area contributed by atoms with E-state index < -0.39 is 78.6 Å². The molecule has 0 saturated heterocycles. The normalized spacial score (nSPS) is 14.2. The van der Waals surface area contributed by atoms with E-state index in [0.717, 1.165) is 24.3 Å². The van der Waals surface area contributed by atoms with Crippen molar-refractivity contribution in [2.45, 2.75) is 54.5 Å². The topological polar surface area (TPSA) is 211 Å². The molecule has 206 valence electrons. The summed E-state index contributed by atoms with van der Waals surface area (Å²) >= 11 is 0. The van der Waals surface area contributed by atoms with Gasteiger partial charge in [0.05, 0.1) is 16.2 Å². The van der Waals surface area contributed by atoms with Crippen LogP contribution in [0, 0.1) is 0 Å². The number of carbonyl (C=O) groups is 3. The van der Waals surface area contributed by atoms with Gasteiger partial charge in [0.15, 0.2) is 0 Å². The molecule has 2 aromatic rings. The molecule has 0 fully saturated rings. The Hall–Kier alpha value is -3.53. The zero-order valence-corrected chi connectivity index (χ0v) is 22.0. The van der Waals surface area contributed by atoms with Crippen LogP contribution in [0.2, 0.25) is 0 Å². The van der Waals surface area contributed by atoms with Gasteiger partial charge in [0, 0.05) is 5.92 Å². The van der Waals surface area contributed by atoms with Gasteiger partial charge < -0.3 is 19.9 Å². The van der Waals surface area contributed by atoms with Crippen LogP contribution in [0.5, 0.6) is 0 Å². The Morgan fingerprint density at radius 3 is 1.79 bits per heavy atom. The number of esters is 1. The molecule has 0 radical (unpaired) electrons. The molecule has 0 spiro atoms. The molecule has 0 unspecified atom stereocenters. The molecule has 38 heavy (non-hydrogen) atoms. The van der Waals surface area contributed by atoms with Crippen molar-refractivity contribution in [3.8, 4) is 11.1 Å². The Morgan fingerprint density at radius 1 is 0.921 bits per heavy atom. The first-order valence-electron chi connectivity index (χ1n) is 11.0. The summed E-state index contributed by atoms with van der Waals surface area (Å²) in [6.45, 7) is 4.23. The summed E-state index contributed by atoms with van der Waals surface area (Å²) in [5.41, 5.74) is 0.553. The van der Waals surface area contributed by atoms with Gasteiger partial charge in [-0.1, -0.05) is 12.1 Å². The van der Waals surface area contributed by atoms with E-state index in [1.807, 2.05) is 5.32 Å². The smallest absolute Gasteiger partial charge is 0.407 e. The molecule has 1 aliphatic rings. The van der Waals surface area contributed by atoms with Gasteiger partial charge in [-0.05, 0) is 67.3 Å². The largest absolute Gasteiger partial charge is 0.480 e. The zero-order chi connectivity index (χ0) is 28.6. The zero-order valence-electron chi connectivity index (χ0n) is 20.4. The predicted octanol–water partition coefficient (Wildman–Crippen LogP) is 2.20. The van der Waals surface area contributed by atoms with E-state index in [-0.39, 0.29) is 11.1 Å². The fourth-order valence-electron chi connectivity index (χ4n) is 3.91. The summed E-state index contributed by atoms with van der Waals surface area (Å²) in [6.07, 6.45) is -1.92. The minimum absolute atomic E-state index is 0.263. The lowest BCUT2D eigenvalue weighted by molar-refractivity contribution is -0.158. The van der Waals surface area contributed by atoms with E-state index in [0.29, 0.717) is 11.1 Å². The highest BCUT2D eigenvalue weighted by molar-refractivity contribution is 7.86. The van der Waals surface area contributed by atoms with Gasteiger partial charge in [0.25, 0.3) is 20.2 Å². The first-order valence-corrected chi connectivity index (χ1v) is 13.9. The third kappa shape index (κ3) is 6.86. The molecule has 3 rings (SSSR count). The van der Waals surface area contributed by atoms with E-state index in [9.17, 15) is 45.4 Å². The summed E-state index contributed by atoms with van der Waals surface area (Å²) in [5, 5.41) is 11.4. The molecule has 0 aliphatic heterocycles. The monoisotopic (exact) mass is 571 g/mol. The number of alkyl carbamates (subject to hydrolysis) is 1. The Bertz CT molecular complexity index is 1430. The molecular formula is C23H25NO12S2. The van der Waals surface area contributed by atoms with E-state index in [4.69, 9.17) is 9.47 Å². The lowest BCUT2D eigenvalue weighted by atomic mass is 9.98. The fourth-order valence-corrected chi connectivity index (χ4v) is 4.94. The molecule has 1 aliphatic carbocycles. The first kappa shape index (κ1) is 29.0. The second-order valence-corrected chi connectivity index (χ2v) is 12.3. The van der Waals surface area contributed by atoms with Gasteiger partial charge in [0.1, 0.15) is 18.2 Å². The van der Waals surface area contributed by atoms with Gasteiger partial charge in [0.2, 0.25) is 0 Å². The summed E-state index contributed by atoms with van der Waals surface area (Å²) in [7, 11) is -9.23. The third-order valence-electron chi connectivity index (χ3n) is 5.44. The molecule has 4 N–H and O–H groups in total. The quantitative estimate of drug-likeness (QED) is 0.265. The number of hydrogen-bond donors (Lipinski definition) is 4. The number of hydrogen-bond acceptors (Lipinski definition) is 9. The maximum atomic E-state index is 12.4. The highest BCUT2D eigenvalue weighted by Crippen LogP contribution is 2.46. The molecule has 1 amide bonds. The number of benzene rings is 2. The number of ether oxygens (including phenoxy) is 2. The van der Waals surface area contributed by atoms with Crippen molar-refractivity contribution in [1.82, 2.24) is 5.32 Å². The predicted molar refractivity (Wildman–Crippen MR) is 130 cm³/mol. The van der Waals surface area contributed by atoms with Crippen molar-refractivity contribution in [2.75, 3.05) is 6.61 Å². The van der Waals surface area contributed by atoms with Crippen molar-refractivity contribution in [3.05, 3.63) is 47.5 Å². The lowest BCUT2D eigenvalue weighted by Crippen LogP contribution is -2.43. The molecule has 0 aromatic heterocycles. The highest BCUT2D eigenvalue weighted by Gasteiger charge is 2.33. The van der Waals surface area contributed by atoms with Crippen molar-refractivity contribution in [3.63, 3.8) is 0 Å². The Morgan fingerprint density at radius 2 is 1.39 bits per heavy atom. The van der Waals surface area contributed by atoms with Gasteiger partial charge >= 0.3 is 18.0 Å². The van der Waals surface area contributed by atoms with Crippen molar-refractivity contribution >= 4 is 38.3 Å². The van der Waals surface area contributed by atoms with Crippen molar-refractivity contribution in [1.29, 1.82) is 0 Å². The van der Waals surface area contributed by atoms with E-state index in [1.54, 1.807) is 20.8 Å². The molecule has 0 bridgehead atoms. The van der Waals surface area contributed by atoms with E-state index >= 15 is 0 Å². The van der Waals surface area contributed by atoms with E-state index in [1.165, 1.54) is 12.1 Å². The highest BCUT2D eigenvalue weighted by atomic mass is 32.2. The van der Waals surface area contributed by atoms with Crippen molar-refractivity contribution < 1.29 is 54.9 Å². The minimum atomic E-state index is -4.61. The number of nitrogens with one attached hydrogen (secondary N) is 1. The third-order valence-corrected chi connectivity index (χ3v) is 7.14. The molecule has 0 heterocycles. The van der Waals surface area contributed by atoms with Crippen molar-refractivity contribution in [2.24, 2.45) is 0 Å². The maximum Gasteiger partial charge on any atom is 0.407 e. The van der Waals surface area contributed by atoms with Crippen LogP contribution in [-0.4, -0.2) is 67.3 Å². The van der Waals surface area contributed by atoms with Gasteiger partial charge in [-0.3, -0.25) is 13.9 Å². The Kier molecular flexibility index (Phi) is 7.89. The number of carboxylic acid groups (broad SMARTS) is 1. The SMILES string of the molecule is CC(C)(C)OC(=O)C[C@H](NC(=O)OCC1c2cc(S(=O)(=O)O)ccc2-c2ccc(S(=O)(=O)O)cc21)C(=O)O. The van der Waals surface area contributed by atoms with Crippen LogP contribution in [0.4, 0.5) is 4.79 Å². The molecule has 13 nitrogen and oxygen atoms in total. The molecule has 15 heteroatoms. The summed E-state index contributed by atoms with van der Waals surface area (Å²) in [4.78, 5) is 35.1. The number of rotatable bonds is 8. The number of fused-ring (bicyclic) bond motifs is 3. The van der Waals surface area contributed by atoms with Crippen LogP contribution in [0.25, 0.3) is 11.1 Å². The van der Waals surface area contributed by atoms with Crippen LogP contribution in [0.3, 0.4) is 0 Å². The maximum absolute atomic E-state index is 12.4.